The normalized spacial score (nSPS) is 11.8. The van der Waals surface area contributed by atoms with Gasteiger partial charge in [0.1, 0.15) is 6.79 Å². The largest absolute Gasteiger partial charge is 0.359 e. The summed E-state index contributed by atoms with van der Waals surface area (Å²) < 4.78 is 11.2. The maximum Gasteiger partial charge on any atom is 0.146 e. The fourth-order valence-electron chi connectivity index (χ4n) is 1.05. The van der Waals surface area contributed by atoms with Crippen LogP contribution in [0.2, 0.25) is 0 Å². The number of hydrogen-bond acceptors (Lipinski definition) is 3. The molecule has 0 bridgehead atoms. The van der Waals surface area contributed by atoms with Crippen LogP contribution >= 0.6 is 22.6 Å². The van der Waals surface area contributed by atoms with Gasteiger partial charge >= 0.3 is 0 Å². The predicted octanol–water partition coefficient (Wildman–Crippen LogP) is 3.00. The minimum absolute atomic E-state index is 0.314. The summed E-state index contributed by atoms with van der Waals surface area (Å²) in [6.07, 6.45) is 3.85. The molecule has 0 aliphatic carbocycles. The van der Waals surface area contributed by atoms with Gasteiger partial charge in [0.05, 0.1) is 12.3 Å². The van der Waals surface area contributed by atoms with Crippen LogP contribution < -0.4 is 0 Å². The van der Waals surface area contributed by atoms with Crippen LogP contribution in [-0.2, 0) is 16.1 Å². The van der Waals surface area contributed by atoms with Gasteiger partial charge in [0.2, 0.25) is 0 Å². The smallest absolute Gasteiger partial charge is 0.146 e. The lowest BCUT2D eigenvalue weighted by Crippen LogP contribution is -1.97. The van der Waals surface area contributed by atoms with Gasteiger partial charge < -0.3 is 9.47 Å². The van der Waals surface area contributed by atoms with E-state index in [0.717, 1.165) is 11.3 Å². The zero-order valence-corrected chi connectivity index (χ0v) is 11.0. The summed E-state index contributed by atoms with van der Waals surface area (Å²) in [5.41, 5.74) is 2.02. The van der Waals surface area contributed by atoms with Gasteiger partial charge in [-0.05, 0) is 50.8 Å². The monoisotopic (exact) mass is 319 g/mol. The number of allylic oxidation sites excluding steroid dienone is 1. The van der Waals surface area contributed by atoms with E-state index in [4.69, 9.17) is 9.47 Å². The van der Waals surface area contributed by atoms with Gasteiger partial charge in [-0.3, -0.25) is 4.98 Å². The lowest BCUT2D eigenvalue weighted by atomic mass is 10.2. The maximum absolute atomic E-state index is 5.21. The number of halogens is 1. The Morgan fingerprint density at radius 1 is 1.53 bits per heavy atom. The van der Waals surface area contributed by atoms with Crippen LogP contribution in [0, 0.1) is 0 Å². The number of nitrogens with zero attached hydrogens (tertiary/aromatic N) is 1. The molecule has 0 aromatic carbocycles. The summed E-state index contributed by atoms with van der Waals surface area (Å²) in [5, 5.41) is 0. The van der Waals surface area contributed by atoms with Crippen molar-refractivity contribution in [2.75, 3.05) is 13.9 Å². The zero-order valence-electron chi connectivity index (χ0n) is 8.87. The third-order valence-corrected chi connectivity index (χ3v) is 1.98. The van der Waals surface area contributed by atoms with Gasteiger partial charge in [-0.25, -0.2) is 0 Å². The molecule has 0 aliphatic heterocycles. The van der Waals surface area contributed by atoms with Gasteiger partial charge in [-0.15, -0.1) is 0 Å². The molecule has 3 nitrogen and oxygen atoms in total. The Morgan fingerprint density at radius 2 is 2.33 bits per heavy atom. The maximum atomic E-state index is 5.21. The topological polar surface area (TPSA) is 31.4 Å². The fourth-order valence-corrected chi connectivity index (χ4v) is 1.37. The van der Waals surface area contributed by atoms with Crippen molar-refractivity contribution >= 4 is 28.7 Å². The summed E-state index contributed by atoms with van der Waals surface area (Å²) in [4.78, 5) is 4.30. The molecule has 0 N–H and O–H groups in total. The molecule has 0 aliphatic rings. The molecule has 0 radical (unpaired) electrons. The van der Waals surface area contributed by atoms with Crippen molar-refractivity contribution in [2.45, 2.75) is 13.5 Å². The molecule has 82 valence electrons. The quantitative estimate of drug-likeness (QED) is 0.475. The van der Waals surface area contributed by atoms with Crippen molar-refractivity contribution in [1.82, 2.24) is 4.98 Å². The standard InChI is InChI=1S/C11H14INO2/c1-9(12)5-11-4-3-10(6-13-11)7-15-8-14-2/h3-6H,7-8H2,1-2H3/b9-5+. The second-order valence-electron chi connectivity index (χ2n) is 3.08. The molecule has 1 heterocycles. The average molecular weight is 319 g/mol. The van der Waals surface area contributed by atoms with Crippen LogP contribution in [0.15, 0.2) is 21.9 Å². The van der Waals surface area contributed by atoms with E-state index in [0.29, 0.717) is 13.4 Å². The van der Waals surface area contributed by atoms with Crippen LogP contribution in [0.4, 0.5) is 0 Å². The summed E-state index contributed by atoms with van der Waals surface area (Å²) in [7, 11) is 1.61. The zero-order chi connectivity index (χ0) is 11.1. The highest BCUT2D eigenvalue weighted by Gasteiger charge is 1.94. The Balaban J connectivity index is 2.53. The van der Waals surface area contributed by atoms with Crippen molar-refractivity contribution in [3.8, 4) is 0 Å². The minimum atomic E-state index is 0.314. The first-order valence-corrected chi connectivity index (χ1v) is 5.65. The Labute approximate surface area is 104 Å². The van der Waals surface area contributed by atoms with E-state index >= 15 is 0 Å². The average Bonchev–Trinajstić information content (AvgIpc) is 2.20. The summed E-state index contributed by atoms with van der Waals surface area (Å²) in [6, 6.07) is 3.99. The molecule has 0 atom stereocenters. The number of pyridine rings is 1. The first-order valence-electron chi connectivity index (χ1n) is 4.58. The Hall–Kier alpha value is -0.460. The first-order chi connectivity index (χ1) is 7.22. The number of ether oxygens (including phenoxy) is 2. The molecule has 0 spiro atoms. The van der Waals surface area contributed by atoms with E-state index in [1.165, 1.54) is 3.58 Å². The third-order valence-electron chi connectivity index (χ3n) is 1.66. The molecular formula is C11H14INO2. The van der Waals surface area contributed by atoms with Crippen LogP contribution in [0.5, 0.6) is 0 Å². The van der Waals surface area contributed by atoms with E-state index < -0.39 is 0 Å². The molecule has 0 saturated heterocycles. The summed E-state index contributed by atoms with van der Waals surface area (Å²) >= 11 is 2.26. The van der Waals surface area contributed by atoms with Crippen molar-refractivity contribution in [3.63, 3.8) is 0 Å². The molecule has 1 aromatic rings. The van der Waals surface area contributed by atoms with Gasteiger partial charge in [0.25, 0.3) is 0 Å². The predicted molar refractivity (Wildman–Crippen MR) is 68.6 cm³/mol. The second kappa shape index (κ2) is 6.92. The lowest BCUT2D eigenvalue weighted by molar-refractivity contribution is -0.0391. The lowest BCUT2D eigenvalue weighted by Gasteiger charge is -2.02. The highest BCUT2D eigenvalue weighted by atomic mass is 127. The van der Waals surface area contributed by atoms with Crippen molar-refractivity contribution < 1.29 is 9.47 Å². The Morgan fingerprint density at radius 3 is 2.87 bits per heavy atom. The van der Waals surface area contributed by atoms with E-state index in [1.54, 1.807) is 7.11 Å². The molecule has 4 heteroatoms. The van der Waals surface area contributed by atoms with E-state index in [-0.39, 0.29) is 0 Å². The Kier molecular flexibility index (Phi) is 5.82. The van der Waals surface area contributed by atoms with Gasteiger partial charge in [-0.1, -0.05) is 6.07 Å². The van der Waals surface area contributed by atoms with Gasteiger partial charge in [-0.2, -0.15) is 0 Å². The molecule has 0 fully saturated rings. The molecule has 15 heavy (non-hydrogen) atoms. The summed E-state index contributed by atoms with van der Waals surface area (Å²) in [5.74, 6) is 0. The highest BCUT2D eigenvalue weighted by Crippen LogP contribution is 2.10. The van der Waals surface area contributed by atoms with E-state index in [2.05, 4.69) is 27.6 Å². The van der Waals surface area contributed by atoms with Gasteiger partial charge in [0.15, 0.2) is 0 Å². The Bertz CT molecular complexity index is 318. The first kappa shape index (κ1) is 12.6. The summed E-state index contributed by atoms with van der Waals surface area (Å²) in [6.45, 7) is 2.89. The van der Waals surface area contributed by atoms with Crippen LogP contribution in [-0.4, -0.2) is 18.9 Å². The third kappa shape index (κ3) is 5.25. The molecular weight excluding hydrogens is 305 g/mol. The molecule has 0 amide bonds. The molecule has 1 rings (SSSR count). The molecule has 1 aromatic heterocycles. The van der Waals surface area contributed by atoms with Crippen molar-refractivity contribution in [3.05, 3.63) is 33.2 Å². The number of aromatic nitrogens is 1. The van der Waals surface area contributed by atoms with Crippen molar-refractivity contribution in [2.24, 2.45) is 0 Å². The van der Waals surface area contributed by atoms with E-state index in [9.17, 15) is 0 Å². The van der Waals surface area contributed by atoms with Gasteiger partial charge in [0, 0.05) is 13.3 Å². The SMILES string of the molecule is COCOCc1ccc(/C=C(\C)I)nc1. The van der Waals surface area contributed by atoms with Crippen molar-refractivity contribution in [1.29, 1.82) is 0 Å². The van der Waals surface area contributed by atoms with E-state index in [1.807, 2.05) is 31.3 Å². The fraction of sp³-hybridized carbons (Fsp3) is 0.364. The van der Waals surface area contributed by atoms with Crippen LogP contribution in [0.1, 0.15) is 18.2 Å². The molecule has 0 unspecified atom stereocenters. The number of rotatable bonds is 5. The van der Waals surface area contributed by atoms with Crippen LogP contribution in [0.3, 0.4) is 0 Å². The number of hydrogen-bond donors (Lipinski definition) is 0. The minimum Gasteiger partial charge on any atom is -0.359 e. The highest BCUT2D eigenvalue weighted by molar-refractivity contribution is 14.1. The second-order valence-corrected chi connectivity index (χ2v) is 4.78. The van der Waals surface area contributed by atoms with Crippen LogP contribution in [0.25, 0.3) is 6.08 Å². The number of methoxy groups -OCH3 is 1. The molecule has 0 saturated carbocycles.